The Kier molecular flexibility index (Phi) is 4.48. The molecule has 2 nitrogen and oxygen atoms in total. The van der Waals surface area contributed by atoms with Gasteiger partial charge in [-0.1, -0.05) is 47.5 Å². The molecule has 0 saturated heterocycles. The molecule has 0 fully saturated rings. The first-order chi connectivity index (χ1) is 8.67. The van der Waals surface area contributed by atoms with E-state index in [1.54, 1.807) is 18.2 Å². The van der Waals surface area contributed by atoms with Crippen molar-refractivity contribution in [2.24, 2.45) is 5.73 Å². The number of hydrogen-bond donors (Lipinski definition) is 1. The fourth-order valence-electron chi connectivity index (χ4n) is 1.55. The summed E-state index contributed by atoms with van der Waals surface area (Å²) in [7, 11) is 0. The van der Waals surface area contributed by atoms with Crippen LogP contribution in [0.1, 0.15) is 11.1 Å². The first-order valence-corrected chi connectivity index (χ1v) is 6.30. The minimum Gasteiger partial charge on any atom is -0.489 e. The minimum absolute atomic E-state index is 0.474. The van der Waals surface area contributed by atoms with Crippen molar-refractivity contribution in [2.75, 3.05) is 0 Å². The quantitative estimate of drug-likeness (QED) is 0.918. The molecule has 4 heteroatoms. The van der Waals surface area contributed by atoms with Crippen molar-refractivity contribution in [3.8, 4) is 5.75 Å². The van der Waals surface area contributed by atoms with E-state index in [0.717, 1.165) is 11.1 Å². The van der Waals surface area contributed by atoms with Crippen molar-refractivity contribution < 1.29 is 4.74 Å². The van der Waals surface area contributed by atoms with Gasteiger partial charge >= 0.3 is 0 Å². The molecule has 0 spiro atoms. The zero-order chi connectivity index (χ0) is 13.0. The van der Waals surface area contributed by atoms with Gasteiger partial charge in [-0.15, -0.1) is 0 Å². The summed E-state index contributed by atoms with van der Waals surface area (Å²) in [6.07, 6.45) is 0. The van der Waals surface area contributed by atoms with Gasteiger partial charge in [-0.3, -0.25) is 0 Å². The largest absolute Gasteiger partial charge is 0.489 e. The van der Waals surface area contributed by atoms with E-state index in [1.807, 2.05) is 24.3 Å². The molecule has 0 heterocycles. The molecule has 0 bridgehead atoms. The van der Waals surface area contributed by atoms with E-state index in [4.69, 9.17) is 33.7 Å². The predicted octanol–water partition coefficient (Wildman–Crippen LogP) is 4.03. The summed E-state index contributed by atoms with van der Waals surface area (Å²) >= 11 is 11.8. The van der Waals surface area contributed by atoms with Crippen LogP contribution < -0.4 is 10.5 Å². The topological polar surface area (TPSA) is 35.2 Å². The summed E-state index contributed by atoms with van der Waals surface area (Å²) in [5, 5.41) is 1.13. The number of hydrogen-bond acceptors (Lipinski definition) is 2. The summed E-state index contributed by atoms with van der Waals surface area (Å²) in [6.45, 7) is 1.02. The molecule has 0 aliphatic carbocycles. The van der Waals surface area contributed by atoms with Crippen LogP contribution in [0.5, 0.6) is 5.75 Å². The van der Waals surface area contributed by atoms with Gasteiger partial charge in [0.2, 0.25) is 0 Å². The summed E-state index contributed by atoms with van der Waals surface area (Å²) in [6, 6.07) is 13.1. The molecular formula is C14H13Cl2NO. The highest BCUT2D eigenvalue weighted by Crippen LogP contribution is 2.24. The molecule has 0 unspecified atom stereocenters. The van der Waals surface area contributed by atoms with Gasteiger partial charge in [-0.05, 0) is 29.3 Å². The number of halogens is 2. The Hall–Kier alpha value is -1.22. The molecule has 0 aliphatic rings. The SMILES string of the molecule is NCc1ccc(COc2cc(Cl)cc(Cl)c2)cc1. The van der Waals surface area contributed by atoms with Crippen LogP contribution in [0, 0.1) is 0 Å². The van der Waals surface area contributed by atoms with Crippen molar-refractivity contribution >= 4 is 23.2 Å². The minimum atomic E-state index is 0.474. The Morgan fingerprint density at radius 2 is 1.44 bits per heavy atom. The predicted molar refractivity (Wildman–Crippen MR) is 75.1 cm³/mol. The Labute approximate surface area is 116 Å². The van der Waals surface area contributed by atoms with Crippen LogP contribution in [0.4, 0.5) is 0 Å². The second-order valence-electron chi connectivity index (χ2n) is 3.91. The maximum absolute atomic E-state index is 5.89. The lowest BCUT2D eigenvalue weighted by molar-refractivity contribution is 0.306. The van der Waals surface area contributed by atoms with Crippen LogP contribution in [0.3, 0.4) is 0 Å². The molecule has 0 aliphatic heterocycles. The van der Waals surface area contributed by atoms with Crippen LogP contribution in [0.15, 0.2) is 42.5 Å². The Morgan fingerprint density at radius 1 is 0.889 bits per heavy atom. The lowest BCUT2D eigenvalue weighted by atomic mass is 10.1. The molecule has 2 aromatic rings. The first kappa shape index (κ1) is 13.2. The smallest absolute Gasteiger partial charge is 0.122 e. The zero-order valence-corrected chi connectivity index (χ0v) is 11.2. The normalized spacial score (nSPS) is 10.4. The van der Waals surface area contributed by atoms with Crippen LogP contribution in [0.25, 0.3) is 0 Å². The maximum Gasteiger partial charge on any atom is 0.122 e. The Bertz CT molecular complexity index is 506. The third-order valence-corrected chi connectivity index (χ3v) is 2.94. The van der Waals surface area contributed by atoms with E-state index in [2.05, 4.69) is 0 Å². The highest BCUT2D eigenvalue weighted by molar-refractivity contribution is 6.34. The average molecular weight is 282 g/mol. The lowest BCUT2D eigenvalue weighted by Crippen LogP contribution is -1.98. The van der Waals surface area contributed by atoms with E-state index in [9.17, 15) is 0 Å². The molecule has 94 valence electrons. The molecule has 0 saturated carbocycles. The highest BCUT2D eigenvalue weighted by atomic mass is 35.5. The van der Waals surface area contributed by atoms with Crippen LogP contribution >= 0.6 is 23.2 Å². The van der Waals surface area contributed by atoms with E-state index in [-0.39, 0.29) is 0 Å². The molecule has 2 aromatic carbocycles. The Balaban J connectivity index is 2.01. The second-order valence-corrected chi connectivity index (χ2v) is 4.79. The third-order valence-electron chi connectivity index (χ3n) is 2.50. The van der Waals surface area contributed by atoms with Crippen LogP contribution in [-0.2, 0) is 13.2 Å². The van der Waals surface area contributed by atoms with E-state index >= 15 is 0 Å². The van der Waals surface area contributed by atoms with E-state index < -0.39 is 0 Å². The van der Waals surface area contributed by atoms with Gasteiger partial charge in [0.1, 0.15) is 12.4 Å². The summed E-state index contributed by atoms with van der Waals surface area (Å²) in [5.74, 6) is 0.662. The molecule has 2 rings (SSSR count). The highest BCUT2D eigenvalue weighted by Gasteiger charge is 2.00. The molecular weight excluding hydrogens is 269 g/mol. The van der Waals surface area contributed by atoms with Crippen molar-refractivity contribution in [2.45, 2.75) is 13.2 Å². The zero-order valence-electron chi connectivity index (χ0n) is 9.70. The second kappa shape index (κ2) is 6.10. The number of nitrogens with two attached hydrogens (primary N) is 1. The van der Waals surface area contributed by atoms with Gasteiger partial charge in [0.05, 0.1) is 0 Å². The fraction of sp³-hybridized carbons (Fsp3) is 0.143. The lowest BCUT2D eigenvalue weighted by Gasteiger charge is -2.07. The molecule has 0 radical (unpaired) electrons. The summed E-state index contributed by atoms with van der Waals surface area (Å²) < 4.78 is 5.63. The first-order valence-electron chi connectivity index (χ1n) is 5.54. The number of rotatable bonds is 4. The molecule has 0 atom stereocenters. The molecule has 0 amide bonds. The molecule has 0 aromatic heterocycles. The Morgan fingerprint density at radius 3 is 2.00 bits per heavy atom. The van der Waals surface area contributed by atoms with Crippen molar-refractivity contribution in [1.29, 1.82) is 0 Å². The number of ether oxygens (including phenoxy) is 1. The van der Waals surface area contributed by atoms with Crippen LogP contribution in [-0.4, -0.2) is 0 Å². The van der Waals surface area contributed by atoms with Gasteiger partial charge in [0.25, 0.3) is 0 Å². The monoisotopic (exact) mass is 281 g/mol. The van der Waals surface area contributed by atoms with Gasteiger partial charge in [-0.2, -0.15) is 0 Å². The van der Waals surface area contributed by atoms with E-state index in [0.29, 0.717) is 28.9 Å². The fourth-order valence-corrected chi connectivity index (χ4v) is 2.06. The van der Waals surface area contributed by atoms with Crippen molar-refractivity contribution in [3.63, 3.8) is 0 Å². The van der Waals surface area contributed by atoms with Gasteiger partial charge in [0.15, 0.2) is 0 Å². The van der Waals surface area contributed by atoms with Gasteiger partial charge in [0, 0.05) is 16.6 Å². The maximum atomic E-state index is 5.89. The number of benzene rings is 2. The molecule has 2 N–H and O–H groups in total. The van der Waals surface area contributed by atoms with E-state index in [1.165, 1.54) is 0 Å². The summed E-state index contributed by atoms with van der Waals surface area (Å²) in [4.78, 5) is 0. The van der Waals surface area contributed by atoms with Crippen molar-refractivity contribution in [3.05, 3.63) is 63.6 Å². The molecule has 18 heavy (non-hydrogen) atoms. The standard InChI is InChI=1S/C14H13Cl2NO/c15-12-5-13(16)7-14(6-12)18-9-11-3-1-10(8-17)2-4-11/h1-7H,8-9,17H2. The third kappa shape index (κ3) is 3.64. The average Bonchev–Trinajstić information content (AvgIpc) is 2.36. The van der Waals surface area contributed by atoms with Gasteiger partial charge < -0.3 is 10.5 Å². The summed E-state index contributed by atoms with van der Waals surface area (Å²) in [5.41, 5.74) is 7.71. The van der Waals surface area contributed by atoms with Gasteiger partial charge in [-0.25, -0.2) is 0 Å². The van der Waals surface area contributed by atoms with Crippen LogP contribution in [0.2, 0.25) is 10.0 Å². The van der Waals surface area contributed by atoms with Crippen molar-refractivity contribution in [1.82, 2.24) is 0 Å².